The Morgan fingerprint density at radius 3 is 2.42 bits per heavy atom. The molecule has 3 rings (SSSR count). The second-order valence-electron chi connectivity index (χ2n) is 8.17. The highest BCUT2D eigenvalue weighted by Gasteiger charge is 2.21. The van der Waals surface area contributed by atoms with E-state index in [1.165, 1.54) is 11.8 Å². The molecule has 8 heteroatoms. The molecule has 0 radical (unpaired) electrons. The Kier molecular flexibility index (Phi) is 8.27. The van der Waals surface area contributed by atoms with E-state index in [1.54, 1.807) is 6.07 Å². The lowest BCUT2D eigenvalue weighted by Gasteiger charge is -2.16. The van der Waals surface area contributed by atoms with Crippen molar-refractivity contribution in [1.82, 2.24) is 20.1 Å². The van der Waals surface area contributed by atoms with E-state index in [9.17, 15) is 9.59 Å². The summed E-state index contributed by atoms with van der Waals surface area (Å²) in [5, 5.41) is 15.2. The van der Waals surface area contributed by atoms with E-state index in [1.807, 2.05) is 67.8 Å². The van der Waals surface area contributed by atoms with Crippen molar-refractivity contribution >= 4 is 29.3 Å². The summed E-state index contributed by atoms with van der Waals surface area (Å²) in [6, 6.07) is 15.0. The molecule has 0 spiro atoms. The summed E-state index contributed by atoms with van der Waals surface area (Å²) in [6.45, 7) is 10.6. The van der Waals surface area contributed by atoms with Gasteiger partial charge in [-0.3, -0.25) is 9.59 Å². The van der Waals surface area contributed by atoms with Crippen LogP contribution in [0, 0.1) is 6.92 Å². The molecular weight excluding hydrogens is 434 g/mol. The highest BCUT2D eigenvalue weighted by Crippen LogP contribution is 2.25. The maximum atomic E-state index is 12.7. The zero-order chi connectivity index (χ0) is 24.0. The molecule has 0 aliphatic rings. The van der Waals surface area contributed by atoms with Crippen LogP contribution >= 0.6 is 11.8 Å². The fourth-order valence-electron chi connectivity index (χ4n) is 3.62. The molecule has 0 aliphatic carbocycles. The SMILES string of the molecule is CCn1c(SCC(=O)Nc2ccccc2C(C)C)nnc1C(C)NC(=O)c1ccccc1C. The van der Waals surface area contributed by atoms with Gasteiger partial charge in [-0.15, -0.1) is 10.2 Å². The van der Waals surface area contributed by atoms with E-state index >= 15 is 0 Å². The number of amides is 2. The molecule has 2 N–H and O–H groups in total. The van der Waals surface area contributed by atoms with Gasteiger partial charge >= 0.3 is 0 Å². The van der Waals surface area contributed by atoms with E-state index in [0.717, 1.165) is 16.8 Å². The minimum absolute atomic E-state index is 0.0961. The number of aryl methyl sites for hydroxylation is 1. The van der Waals surface area contributed by atoms with Crippen LogP contribution in [0.2, 0.25) is 0 Å². The molecular formula is C25H31N5O2S. The number of aromatic nitrogens is 3. The normalized spacial score (nSPS) is 11.9. The van der Waals surface area contributed by atoms with Gasteiger partial charge in [-0.1, -0.05) is 62.0 Å². The molecule has 1 unspecified atom stereocenters. The summed E-state index contributed by atoms with van der Waals surface area (Å²) in [5.41, 5.74) is 3.50. The molecule has 1 atom stereocenters. The average molecular weight is 466 g/mol. The lowest BCUT2D eigenvalue weighted by Crippen LogP contribution is -2.29. The van der Waals surface area contributed by atoms with Crippen LogP contribution in [0.25, 0.3) is 0 Å². The van der Waals surface area contributed by atoms with Crippen LogP contribution in [-0.2, 0) is 11.3 Å². The van der Waals surface area contributed by atoms with Crippen molar-refractivity contribution in [3.63, 3.8) is 0 Å². The van der Waals surface area contributed by atoms with Crippen LogP contribution in [0.5, 0.6) is 0 Å². The van der Waals surface area contributed by atoms with E-state index in [-0.39, 0.29) is 23.6 Å². The zero-order valence-corrected chi connectivity index (χ0v) is 20.6. The Morgan fingerprint density at radius 2 is 1.73 bits per heavy atom. The number of thioether (sulfide) groups is 1. The fourth-order valence-corrected chi connectivity index (χ4v) is 4.43. The Balaban J connectivity index is 1.65. The third-order valence-corrected chi connectivity index (χ3v) is 6.34. The van der Waals surface area contributed by atoms with Crippen molar-refractivity contribution < 1.29 is 9.59 Å². The first kappa shape index (κ1) is 24.5. The monoisotopic (exact) mass is 465 g/mol. The summed E-state index contributed by atoms with van der Waals surface area (Å²) in [4.78, 5) is 25.3. The van der Waals surface area contributed by atoms with Crippen LogP contribution in [0.1, 0.15) is 67.0 Å². The van der Waals surface area contributed by atoms with Gasteiger partial charge in [0.2, 0.25) is 5.91 Å². The molecule has 2 aromatic carbocycles. The van der Waals surface area contributed by atoms with Gasteiger partial charge in [0, 0.05) is 17.8 Å². The van der Waals surface area contributed by atoms with Gasteiger partial charge < -0.3 is 15.2 Å². The molecule has 3 aromatic rings. The van der Waals surface area contributed by atoms with Gasteiger partial charge in [-0.2, -0.15) is 0 Å². The van der Waals surface area contributed by atoms with Gasteiger partial charge in [0.1, 0.15) is 0 Å². The average Bonchev–Trinajstić information content (AvgIpc) is 3.21. The largest absolute Gasteiger partial charge is 0.342 e. The van der Waals surface area contributed by atoms with Gasteiger partial charge in [-0.05, 0) is 49.9 Å². The summed E-state index contributed by atoms with van der Waals surface area (Å²) >= 11 is 1.33. The first-order valence-corrected chi connectivity index (χ1v) is 12.1. The summed E-state index contributed by atoms with van der Waals surface area (Å²) in [5.74, 6) is 0.947. The molecule has 7 nitrogen and oxygen atoms in total. The number of anilines is 1. The second kappa shape index (κ2) is 11.1. The van der Waals surface area contributed by atoms with Crippen LogP contribution in [0.3, 0.4) is 0 Å². The quantitative estimate of drug-likeness (QED) is 0.437. The Hall–Kier alpha value is -3.13. The smallest absolute Gasteiger partial charge is 0.252 e. The molecule has 0 bridgehead atoms. The number of hydrogen-bond donors (Lipinski definition) is 2. The molecule has 0 saturated carbocycles. The standard InChI is InChI=1S/C25H31N5O2S/c1-6-30-23(18(5)26-24(32)20-13-8-7-11-17(20)4)28-29-25(30)33-15-22(31)27-21-14-10-9-12-19(21)16(2)3/h7-14,16,18H,6,15H2,1-5H3,(H,26,32)(H,27,31). The number of rotatable bonds is 9. The van der Waals surface area contributed by atoms with Crippen molar-refractivity contribution in [3.8, 4) is 0 Å². The van der Waals surface area contributed by atoms with Gasteiger partial charge in [0.25, 0.3) is 5.91 Å². The molecule has 33 heavy (non-hydrogen) atoms. The first-order valence-electron chi connectivity index (χ1n) is 11.1. The minimum atomic E-state index is -0.328. The van der Waals surface area contributed by atoms with Crippen LogP contribution in [0.4, 0.5) is 5.69 Å². The first-order chi connectivity index (χ1) is 15.8. The molecule has 0 aliphatic heterocycles. The summed E-state index contributed by atoms with van der Waals surface area (Å²) < 4.78 is 1.93. The number of nitrogens with one attached hydrogen (secondary N) is 2. The topological polar surface area (TPSA) is 88.9 Å². The van der Waals surface area contributed by atoms with Crippen LogP contribution in [0.15, 0.2) is 53.7 Å². The van der Waals surface area contributed by atoms with E-state index in [4.69, 9.17) is 0 Å². The van der Waals surface area contributed by atoms with Crippen molar-refractivity contribution in [3.05, 3.63) is 71.0 Å². The van der Waals surface area contributed by atoms with Crippen molar-refractivity contribution in [1.29, 1.82) is 0 Å². The summed E-state index contributed by atoms with van der Waals surface area (Å²) in [6.07, 6.45) is 0. The van der Waals surface area contributed by atoms with E-state index in [2.05, 4.69) is 34.7 Å². The van der Waals surface area contributed by atoms with Gasteiger partial charge in [0.05, 0.1) is 11.8 Å². The van der Waals surface area contributed by atoms with Crippen LogP contribution < -0.4 is 10.6 Å². The number of para-hydroxylation sites is 1. The van der Waals surface area contributed by atoms with E-state index in [0.29, 0.717) is 29.0 Å². The number of carbonyl (C=O) groups excluding carboxylic acids is 2. The summed E-state index contributed by atoms with van der Waals surface area (Å²) in [7, 11) is 0. The highest BCUT2D eigenvalue weighted by atomic mass is 32.2. The lowest BCUT2D eigenvalue weighted by atomic mass is 10.0. The molecule has 1 heterocycles. The molecule has 174 valence electrons. The van der Waals surface area contributed by atoms with Crippen LogP contribution in [-0.4, -0.2) is 32.3 Å². The second-order valence-corrected chi connectivity index (χ2v) is 9.12. The lowest BCUT2D eigenvalue weighted by molar-refractivity contribution is -0.113. The molecule has 0 fully saturated rings. The number of carbonyl (C=O) groups is 2. The Bertz CT molecular complexity index is 1130. The van der Waals surface area contributed by atoms with Gasteiger partial charge in [-0.25, -0.2) is 0 Å². The molecule has 1 aromatic heterocycles. The maximum absolute atomic E-state index is 12.7. The Morgan fingerprint density at radius 1 is 1.03 bits per heavy atom. The number of benzene rings is 2. The highest BCUT2D eigenvalue weighted by molar-refractivity contribution is 7.99. The van der Waals surface area contributed by atoms with Gasteiger partial charge in [0.15, 0.2) is 11.0 Å². The predicted octanol–water partition coefficient (Wildman–Crippen LogP) is 4.95. The van der Waals surface area contributed by atoms with Crippen molar-refractivity contribution in [2.75, 3.05) is 11.1 Å². The minimum Gasteiger partial charge on any atom is -0.342 e. The van der Waals surface area contributed by atoms with E-state index < -0.39 is 0 Å². The maximum Gasteiger partial charge on any atom is 0.252 e. The number of hydrogen-bond acceptors (Lipinski definition) is 5. The molecule has 0 saturated heterocycles. The zero-order valence-electron chi connectivity index (χ0n) is 19.8. The fraction of sp³-hybridized carbons (Fsp3) is 0.360. The third-order valence-electron chi connectivity index (χ3n) is 5.38. The predicted molar refractivity (Wildman–Crippen MR) is 133 cm³/mol. The number of nitrogens with zero attached hydrogens (tertiary/aromatic N) is 3. The third kappa shape index (κ3) is 6.01. The van der Waals surface area contributed by atoms with Crippen molar-refractivity contribution in [2.45, 2.75) is 58.3 Å². The Labute approximate surface area is 199 Å². The van der Waals surface area contributed by atoms with Crippen molar-refractivity contribution in [2.24, 2.45) is 0 Å². The molecule has 2 amide bonds.